The smallest absolute Gasteiger partial charge is 0.218 e. The third-order valence-corrected chi connectivity index (χ3v) is 2.25. The topological polar surface area (TPSA) is 52.3 Å². The molecule has 0 heterocycles. The highest BCUT2D eigenvalue weighted by Gasteiger charge is 2.10. The average Bonchev–Trinajstić information content (AvgIpc) is 2.26. The molecule has 0 bridgehead atoms. The van der Waals surface area contributed by atoms with Crippen LogP contribution in [-0.4, -0.2) is 13.0 Å². The van der Waals surface area contributed by atoms with Crippen LogP contribution in [0.4, 0.5) is 0 Å². The lowest BCUT2D eigenvalue weighted by Gasteiger charge is -2.11. The molecule has 3 nitrogen and oxygen atoms in total. The van der Waals surface area contributed by atoms with Gasteiger partial charge in [0.2, 0.25) is 5.91 Å². The normalized spacial score (nSPS) is 11.8. The van der Waals surface area contributed by atoms with Crippen LogP contribution in [0.2, 0.25) is 0 Å². The van der Waals surface area contributed by atoms with Gasteiger partial charge in [-0.1, -0.05) is 18.2 Å². The quantitative estimate of drug-likeness (QED) is 0.746. The second-order valence-electron chi connectivity index (χ2n) is 3.29. The summed E-state index contributed by atoms with van der Waals surface area (Å²) in [5.41, 5.74) is 6.17. The van der Waals surface area contributed by atoms with Gasteiger partial charge in [0.15, 0.2) is 0 Å². The number of carbonyl (C=O) groups excluding carboxylic acids is 1. The van der Waals surface area contributed by atoms with E-state index in [4.69, 9.17) is 10.5 Å². The average molecular weight is 205 g/mol. The highest BCUT2D eigenvalue weighted by atomic mass is 16.5. The lowest BCUT2D eigenvalue weighted by Crippen LogP contribution is -2.14. The molecule has 3 heteroatoms. The number of hydrogen-bond donors (Lipinski definition) is 1. The van der Waals surface area contributed by atoms with Gasteiger partial charge >= 0.3 is 0 Å². The van der Waals surface area contributed by atoms with Gasteiger partial charge in [0.05, 0.1) is 7.11 Å². The Morgan fingerprint density at radius 3 is 2.53 bits per heavy atom. The number of allylic oxidation sites excluding steroid dienone is 1. The molecule has 0 saturated carbocycles. The van der Waals surface area contributed by atoms with E-state index in [0.717, 1.165) is 11.3 Å². The molecule has 0 aromatic heterocycles. The maximum atomic E-state index is 10.8. The van der Waals surface area contributed by atoms with Gasteiger partial charge in [-0.05, 0) is 17.7 Å². The molecule has 1 atom stereocenters. The number of amides is 1. The summed E-state index contributed by atoms with van der Waals surface area (Å²) in [6.45, 7) is 3.69. The van der Waals surface area contributed by atoms with E-state index in [1.165, 1.54) is 0 Å². The molecule has 15 heavy (non-hydrogen) atoms. The van der Waals surface area contributed by atoms with Gasteiger partial charge in [0.25, 0.3) is 0 Å². The molecular weight excluding hydrogens is 190 g/mol. The van der Waals surface area contributed by atoms with E-state index in [1.807, 2.05) is 24.3 Å². The molecule has 1 aromatic rings. The van der Waals surface area contributed by atoms with Crippen molar-refractivity contribution >= 4 is 5.91 Å². The van der Waals surface area contributed by atoms with Crippen LogP contribution in [0.15, 0.2) is 36.9 Å². The number of nitrogens with two attached hydrogens (primary N) is 1. The third-order valence-electron chi connectivity index (χ3n) is 2.25. The minimum atomic E-state index is -0.323. The standard InChI is InChI=1S/C12H15NO2/c1-3-9(8-12(13)14)10-4-6-11(15-2)7-5-10/h3-7,9H,1,8H2,2H3,(H2,13,14)/t9-/m1/s1. The summed E-state index contributed by atoms with van der Waals surface area (Å²) in [5, 5.41) is 0. The first-order chi connectivity index (χ1) is 7.17. The summed E-state index contributed by atoms with van der Waals surface area (Å²) >= 11 is 0. The Hall–Kier alpha value is -1.77. The van der Waals surface area contributed by atoms with Gasteiger partial charge in [-0.15, -0.1) is 6.58 Å². The van der Waals surface area contributed by atoms with Crippen LogP contribution in [0.1, 0.15) is 17.9 Å². The van der Waals surface area contributed by atoms with Gasteiger partial charge in [-0.2, -0.15) is 0 Å². The molecule has 0 spiro atoms. The summed E-state index contributed by atoms with van der Waals surface area (Å²) in [7, 11) is 1.61. The van der Waals surface area contributed by atoms with Gasteiger partial charge in [0, 0.05) is 12.3 Å². The zero-order valence-corrected chi connectivity index (χ0v) is 8.77. The first-order valence-electron chi connectivity index (χ1n) is 4.72. The Balaban J connectivity index is 2.82. The first kappa shape index (κ1) is 11.3. The molecule has 0 fully saturated rings. The summed E-state index contributed by atoms with van der Waals surface area (Å²) in [5.74, 6) is 0.449. The van der Waals surface area contributed by atoms with Crippen LogP contribution in [0.25, 0.3) is 0 Å². The van der Waals surface area contributed by atoms with Crippen LogP contribution in [-0.2, 0) is 4.79 Å². The number of ether oxygens (including phenoxy) is 1. The van der Waals surface area contributed by atoms with E-state index in [1.54, 1.807) is 13.2 Å². The van der Waals surface area contributed by atoms with Crippen LogP contribution >= 0.6 is 0 Å². The molecule has 0 unspecified atom stereocenters. The monoisotopic (exact) mass is 205 g/mol. The fraction of sp³-hybridized carbons (Fsp3) is 0.250. The fourth-order valence-electron chi connectivity index (χ4n) is 1.41. The van der Waals surface area contributed by atoms with Crippen molar-refractivity contribution in [1.29, 1.82) is 0 Å². The first-order valence-corrected chi connectivity index (χ1v) is 4.72. The summed E-state index contributed by atoms with van der Waals surface area (Å²) in [6.07, 6.45) is 2.02. The van der Waals surface area contributed by atoms with Crippen molar-refractivity contribution in [2.75, 3.05) is 7.11 Å². The molecule has 2 N–H and O–H groups in total. The number of benzene rings is 1. The third kappa shape index (κ3) is 3.13. The lowest BCUT2D eigenvalue weighted by molar-refractivity contribution is -0.118. The van der Waals surface area contributed by atoms with Gasteiger partial charge in [-0.3, -0.25) is 4.79 Å². The van der Waals surface area contributed by atoms with Crippen LogP contribution in [0, 0.1) is 0 Å². The van der Waals surface area contributed by atoms with E-state index >= 15 is 0 Å². The highest BCUT2D eigenvalue weighted by molar-refractivity contribution is 5.75. The number of hydrogen-bond acceptors (Lipinski definition) is 2. The predicted octanol–water partition coefficient (Wildman–Crippen LogP) is 1.84. The Bertz CT molecular complexity index is 343. The predicted molar refractivity (Wildman–Crippen MR) is 59.7 cm³/mol. The molecule has 80 valence electrons. The minimum Gasteiger partial charge on any atom is -0.497 e. The van der Waals surface area contributed by atoms with E-state index < -0.39 is 0 Å². The van der Waals surface area contributed by atoms with E-state index in [0.29, 0.717) is 0 Å². The molecule has 0 aliphatic heterocycles. The molecule has 0 aliphatic rings. The van der Waals surface area contributed by atoms with Crippen molar-refractivity contribution in [2.45, 2.75) is 12.3 Å². The molecule has 0 saturated heterocycles. The van der Waals surface area contributed by atoms with Crippen molar-refractivity contribution in [3.63, 3.8) is 0 Å². The minimum absolute atomic E-state index is 0.0200. The number of carbonyl (C=O) groups is 1. The molecule has 1 rings (SSSR count). The largest absolute Gasteiger partial charge is 0.497 e. The van der Waals surface area contributed by atoms with Crippen molar-refractivity contribution in [3.8, 4) is 5.75 Å². The number of rotatable bonds is 5. The Kier molecular flexibility index (Phi) is 3.92. The Labute approximate surface area is 89.5 Å². The summed E-state index contributed by atoms with van der Waals surface area (Å²) < 4.78 is 5.05. The summed E-state index contributed by atoms with van der Waals surface area (Å²) in [6, 6.07) is 7.53. The molecule has 1 amide bonds. The van der Waals surface area contributed by atoms with Crippen LogP contribution < -0.4 is 10.5 Å². The van der Waals surface area contributed by atoms with E-state index in [9.17, 15) is 4.79 Å². The lowest BCUT2D eigenvalue weighted by atomic mass is 9.95. The van der Waals surface area contributed by atoms with Crippen molar-refractivity contribution in [3.05, 3.63) is 42.5 Å². The van der Waals surface area contributed by atoms with Gasteiger partial charge in [0.1, 0.15) is 5.75 Å². The SMILES string of the molecule is C=C[C@H](CC(N)=O)c1ccc(OC)cc1. The fourth-order valence-corrected chi connectivity index (χ4v) is 1.41. The summed E-state index contributed by atoms with van der Waals surface area (Å²) in [4.78, 5) is 10.8. The van der Waals surface area contributed by atoms with Crippen molar-refractivity contribution in [2.24, 2.45) is 5.73 Å². The maximum Gasteiger partial charge on any atom is 0.218 e. The highest BCUT2D eigenvalue weighted by Crippen LogP contribution is 2.22. The molecular formula is C12H15NO2. The number of primary amides is 1. The van der Waals surface area contributed by atoms with Crippen LogP contribution in [0.5, 0.6) is 5.75 Å². The van der Waals surface area contributed by atoms with Crippen molar-refractivity contribution in [1.82, 2.24) is 0 Å². The van der Waals surface area contributed by atoms with E-state index in [-0.39, 0.29) is 18.2 Å². The molecule has 0 aliphatic carbocycles. The maximum absolute atomic E-state index is 10.8. The Morgan fingerprint density at radius 2 is 2.13 bits per heavy atom. The molecule has 0 radical (unpaired) electrons. The second kappa shape index (κ2) is 5.20. The number of methoxy groups -OCH3 is 1. The van der Waals surface area contributed by atoms with Crippen molar-refractivity contribution < 1.29 is 9.53 Å². The second-order valence-corrected chi connectivity index (χ2v) is 3.29. The zero-order valence-electron chi connectivity index (χ0n) is 8.77. The van der Waals surface area contributed by atoms with Gasteiger partial charge in [-0.25, -0.2) is 0 Å². The molecule has 1 aromatic carbocycles. The Morgan fingerprint density at radius 1 is 1.53 bits per heavy atom. The van der Waals surface area contributed by atoms with E-state index in [2.05, 4.69) is 6.58 Å². The van der Waals surface area contributed by atoms with Gasteiger partial charge < -0.3 is 10.5 Å². The zero-order chi connectivity index (χ0) is 11.3. The van der Waals surface area contributed by atoms with Crippen LogP contribution in [0.3, 0.4) is 0 Å².